The normalized spacial score (nSPS) is 42.1. The minimum absolute atomic E-state index is 0.0465. The Balaban J connectivity index is 1.68. The molecule has 3 rings (SSSR count). The molecule has 10 atom stereocenters. The molecule has 3 aliphatic rings. The van der Waals surface area contributed by atoms with Gasteiger partial charge in [0.1, 0.15) is 35.9 Å². The molecule has 0 aromatic heterocycles. The number of aliphatic hydroxyl groups excluding tert-OH is 3. The molecular weight excluding hydrogens is 420 g/mol. The summed E-state index contributed by atoms with van der Waals surface area (Å²) in [6.07, 6.45) is 1.47. The summed E-state index contributed by atoms with van der Waals surface area (Å²) in [5.41, 5.74) is -0.670. The van der Waals surface area contributed by atoms with E-state index in [0.29, 0.717) is 18.4 Å². The molecule has 8 nitrogen and oxygen atoms in total. The minimum atomic E-state index is -1.33. The third-order valence-electron chi connectivity index (χ3n) is 7.06. The van der Waals surface area contributed by atoms with Crippen molar-refractivity contribution in [1.29, 1.82) is 0 Å². The van der Waals surface area contributed by atoms with Crippen molar-refractivity contribution in [2.45, 2.75) is 94.5 Å². The maximum Gasteiger partial charge on any atom is 0.240 e. The summed E-state index contributed by atoms with van der Waals surface area (Å²) in [5.74, 6) is 0.753. The molecule has 0 aromatic carbocycles. The van der Waals surface area contributed by atoms with Gasteiger partial charge in [-0.1, -0.05) is 33.6 Å². The van der Waals surface area contributed by atoms with Gasteiger partial charge in [-0.25, -0.2) is 0 Å². The molecule has 3 heterocycles. The number of carbonyl (C=O) groups excluding carboxylic acids is 1. The van der Waals surface area contributed by atoms with Crippen LogP contribution in [0.4, 0.5) is 0 Å². The quantitative estimate of drug-likeness (QED) is 0.372. The Morgan fingerprint density at radius 1 is 1.23 bits per heavy atom. The van der Waals surface area contributed by atoms with Crippen LogP contribution in [0.2, 0.25) is 0 Å². The number of amides is 1. The molecule has 0 saturated carbocycles. The van der Waals surface area contributed by atoms with Gasteiger partial charge in [-0.05, 0) is 36.9 Å². The van der Waals surface area contributed by atoms with Crippen LogP contribution in [0.5, 0.6) is 0 Å². The molecule has 3 saturated heterocycles. The second-order valence-electron chi connectivity index (χ2n) is 9.62. The molecule has 0 bridgehead atoms. The molecule has 0 radical (unpaired) electrons. The number of ether oxygens (including phenoxy) is 2. The lowest BCUT2D eigenvalue weighted by Crippen LogP contribution is -2.65. The van der Waals surface area contributed by atoms with Gasteiger partial charge in [0, 0.05) is 13.2 Å². The average Bonchev–Trinajstić information content (AvgIpc) is 3.02. The van der Waals surface area contributed by atoms with Gasteiger partial charge in [-0.3, -0.25) is 4.79 Å². The Morgan fingerprint density at radius 3 is 2.61 bits per heavy atom. The topological polar surface area (TPSA) is 120 Å². The first-order valence-corrected chi connectivity index (χ1v) is 12.9. The van der Waals surface area contributed by atoms with Gasteiger partial charge in [0.05, 0.1) is 12.1 Å². The Hall–Kier alpha value is -0.420. The number of fused-ring (bicyclic) bond motifs is 1. The SMILES string of the molecule is CCC[C@@H]1CCO[C@@H]2[C@H](CN[C@@H]2C(=O)N[C@H](C(C)C)[C@H]2OC(SC)[C@H](O)C(O)C2O)C1. The predicted octanol–water partition coefficient (Wildman–Crippen LogP) is 0.481. The maximum atomic E-state index is 13.3. The number of thioether (sulfide) groups is 1. The van der Waals surface area contributed by atoms with Crippen LogP contribution in [0.1, 0.15) is 46.5 Å². The van der Waals surface area contributed by atoms with E-state index in [-0.39, 0.29) is 17.9 Å². The van der Waals surface area contributed by atoms with Crippen LogP contribution in [0.3, 0.4) is 0 Å². The third kappa shape index (κ3) is 5.57. The first-order valence-electron chi connectivity index (χ1n) is 11.7. The van der Waals surface area contributed by atoms with Crippen molar-refractivity contribution >= 4 is 17.7 Å². The molecule has 0 aliphatic carbocycles. The summed E-state index contributed by atoms with van der Waals surface area (Å²) in [6, 6.07) is -0.960. The van der Waals surface area contributed by atoms with Gasteiger partial charge in [0.2, 0.25) is 5.91 Å². The molecule has 9 heteroatoms. The fourth-order valence-corrected chi connectivity index (χ4v) is 5.99. The van der Waals surface area contributed by atoms with Crippen molar-refractivity contribution in [1.82, 2.24) is 10.6 Å². The lowest BCUT2D eigenvalue weighted by molar-refractivity contribution is -0.208. The van der Waals surface area contributed by atoms with Crippen molar-refractivity contribution < 1.29 is 29.6 Å². The van der Waals surface area contributed by atoms with Crippen molar-refractivity contribution in [2.24, 2.45) is 17.8 Å². The third-order valence-corrected chi connectivity index (χ3v) is 7.92. The first-order chi connectivity index (χ1) is 14.8. The van der Waals surface area contributed by atoms with Crippen molar-refractivity contribution in [2.75, 3.05) is 19.4 Å². The Kier molecular flexibility index (Phi) is 9.06. The molecule has 1 amide bonds. The maximum absolute atomic E-state index is 13.3. The fraction of sp³-hybridized carbons (Fsp3) is 0.955. The number of rotatable bonds is 7. The van der Waals surface area contributed by atoms with Crippen LogP contribution in [-0.4, -0.2) is 88.7 Å². The van der Waals surface area contributed by atoms with E-state index in [2.05, 4.69) is 17.6 Å². The highest BCUT2D eigenvalue weighted by Crippen LogP contribution is 2.34. The summed E-state index contributed by atoms with van der Waals surface area (Å²) in [4.78, 5) is 13.3. The Morgan fingerprint density at radius 2 is 1.97 bits per heavy atom. The van der Waals surface area contributed by atoms with Gasteiger partial charge in [-0.2, -0.15) is 0 Å². The van der Waals surface area contributed by atoms with Crippen LogP contribution in [-0.2, 0) is 14.3 Å². The van der Waals surface area contributed by atoms with Crippen molar-refractivity contribution in [3.63, 3.8) is 0 Å². The summed E-state index contributed by atoms with van der Waals surface area (Å²) >= 11 is 1.27. The summed E-state index contributed by atoms with van der Waals surface area (Å²) in [7, 11) is 0. The van der Waals surface area contributed by atoms with Gasteiger partial charge in [0.15, 0.2) is 0 Å². The average molecular weight is 461 g/mol. The standard InChI is InChI=1S/C22H40N2O6S/c1-5-6-12-7-8-29-19-13(9-12)10-23-15(19)21(28)24-14(11(2)3)20-17(26)16(25)18(27)22(30-20)31-4/h11-20,22-23,25-27H,5-10H2,1-4H3,(H,24,28)/t12-,13+,14-,15+,16?,17?,18-,19-,20-,22?/m1/s1. The van der Waals surface area contributed by atoms with E-state index < -0.39 is 41.9 Å². The van der Waals surface area contributed by atoms with Crippen LogP contribution < -0.4 is 10.6 Å². The Bertz CT molecular complexity index is 594. The van der Waals surface area contributed by atoms with Crippen LogP contribution in [0.15, 0.2) is 0 Å². The summed E-state index contributed by atoms with van der Waals surface area (Å²) in [5, 5.41) is 37.5. The fourth-order valence-electron chi connectivity index (χ4n) is 5.31. The van der Waals surface area contributed by atoms with E-state index in [1.165, 1.54) is 18.2 Å². The van der Waals surface area contributed by atoms with E-state index in [0.717, 1.165) is 25.8 Å². The van der Waals surface area contributed by atoms with E-state index in [9.17, 15) is 20.1 Å². The second-order valence-corrected chi connectivity index (χ2v) is 10.6. The van der Waals surface area contributed by atoms with Crippen LogP contribution in [0.25, 0.3) is 0 Å². The zero-order valence-corrected chi connectivity index (χ0v) is 19.9. The van der Waals surface area contributed by atoms with Crippen molar-refractivity contribution in [3.8, 4) is 0 Å². The van der Waals surface area contributed by atoms with Gasteiger partial charge in [0.25, 0.3) is 0 Å². The lowest BCUT2D eigenvalue weighted by atomic mass is 9.87. The van der Waals surface area contributed by atoms with E-state index in [1.54, 1.807) is 6.26 Å². The number of hydrogen-bond acceptors (Lipinski definition) is 8. The second kappa shape index (κ2) is 11.1. The predicted molar refractivity (Wildman–Crippen MR) is 120 cm³/mol. The van der Waals surface area contributed by atoms with Gasteiger partial charge >= 0.3 is 0 Å². The van der Waals surface area contributed by atoms with E-state index in [1.807, 2.05) is 13.8 Å². The lowest BCUT2D eigenvalue weighted by Gasteiger charge is -2.44. The summed E-state index contributed by atoms with van der Waals surface area (Å²) < 4.78 is 12.1. The largest absolute Gasteiger partial charge is 0.388 e. The molecule has 180 valence electrons. The smallest absolute Gasteiger partial charge is 0.240 e. The molecule has 0 spiro atoms. The number of nitrogens with one attached hydrogen (secondary N) is 2. The zero-order valence-electron chi connectivity index (χ0n) is 19.1. The van der Waals surface area contributed by atoms with E-state index >= 15 is 0 Å². The monoisotopic (exact) mass is 460 g/mol. The first kappa shape index (κ1) is 25.2. The zero-order chi connectivity index (χ0) is 22.7. The molecule has 3 fully saturated rings. The number of hydrogen-bond donors (Lipinski definition) is 5. The van der Waals surface area contributed by atoms with E-state index in [4.69, 9.17) is 9.47 Å². The Labute approximate surface area is 189 Å². The number of carbonyl (C=O) groups is 1. The van der Waals surface area contributed by atoms with Crippen molar-refractivity contribution in [3.05, 3.63) is 0 Å². The summed E-state index contributed by atoms with van der Waals surface area (Å²) in [6.45, 7) is 7.52. The van der Waals surface area contributed by atoms with Gasteiger partial charge in [-0.15, -0.1) is 11.8 Å². The minimum Gasteiger partial charge on any atom is -0.388 e. The van der Waals surface area contributed by atoms with Gasteiger partial charge < -0.3 is 35.4 Å². The highest BCUT2D eigenvalue weighted by Gasteiger charge is 2.49. The molecule has 3 aliphatic heterocycles. The van der Waals surface area contributed by atoms with Crippen LogP contribution in [0, 0.1) is 17.8 Å². The molecule has 3 unspecified atom stereocenters. The number of aliphatic hydroxyl groups is 3. The highest BCUT2D eigenvalue weighted by atomic mass is 32.2. The molecular formula is C22H40N2O6S. The molecule has 0 aromatic rings. The molecule has 5 N–H and O–H groups in total. The highest BCUT2D eigenvalue weighted by molar-refractivity contribution is 7.99. The van der Waals surface area contributed by atoms with Crippen LogP contribution >= 0.6 is 11.8 Å². The molecule has 31 heavy (non-hydrogen) atoms.